The van der Waals surface area contributed by atoms with Crippen LogP contribution in [-0.2, 0) is 14.7 Å². The summed E-state index contributed by atoms with van der Waals surface area (Å²) in [6.07, 6.45) is 0. The molecule has 0 aliphatic carbocycles. The van der Waals surface area contributed by atoms with Crippen molar-refractivity contribution in [3.63, 3.8) is 0 Å². The standard InChI is InChI=1S/CH4O6/c2-5-1(6-3)7-4/h1-4H. The quantitative estimate of drug-likeness (QED) is 0.265. The first-order valence-electron chi connectivity index (χ1n) is 1.25. The van der Waals surface area contributed by atoms with Crippen molar-refractivity contribution in [1.29, 1.82) is 0 Å². The minimum atomic E-state index is -1.85. The summed E-state index contributed by atoms with van der Waals surface area (Å²) in [6.45, 7) is -1.85. The van der Waals surface area contributed by atoms with E-state index in [1.54, 1.807) is 0 Å². The summed E-state index contributed by atoms with van der Waals surface area (Å²) in [6, 6.07) is 0. The second-order valence-corrected chi connectivity index (χ2v) is 0.605. The Balaban J connectivity index is 2.99. The minimum Gasteiger partial charge on any atom is -0.247 e. The van der Waals surface area contributed by atoms with Crippen LogP contribution in [0.15, 0.2) is 0 Å². The number of hydrogen-bond donors (Lipinski definition) is 3. The lowest BCUT2D eigenvalue weighted by molar-refractivity contribution is -0.553. The fourth-order valence-electron chi connectivity index (χ4n) is 0.0577. The topological polar surface area (TPSA) is 88.4 Å². The maximum Gasteiger partial charge on any atom is 0.354 e. The van der Waals surface area contributed by atoms with Crippen LogP contribution in [0.5, 0.6) is 0 Å². The van der Waals surface area contributed by atoms with Gasteiger partial charge in [0.05, 0.1) is 0 Å². The highest BCUT2D eigenvalue weighted by Gasteiger charge is 2.04. The molecule has 0 atom stereocenters. The molecule has 0 aromatic rings. The van der Waals surface area contributed by atoms with Gasteiger partial charge in [0.1, 0.15) is 0 Å². The molecular formula is CH4O6. The lowest BCUT2D eigenvalue weighted by Crippen LogP contribution is -2.15. The molecule has 3 N–H and O–H groups in total. The van der Waals surface area contributed by atoms with E-state index in [1.807, 2.05) is 0 Å². The Kier molecular flexibility index (Phi) is 3.80. The van der Waals surface area contributed by atoms with Crippen LogP contribution in [-0.4, -0.2) is 22.2 Å². The van der Waals surface area contributed by atoms with Crippen molar-refractivity contribution in [2.24, 2.45) is 0 Å². The van der Waals surface area contributed by atoms with E-state index in [2.05, 4.69) is 14.7 Å². The summed E-state index contributed by atoms with van der Waals surface area (Å²) in [5.74, 6) is 0. The van der Waals surface area contributed by atoms with E-state index in [0.29, 0.717) is 0 Å². The Hall–Kier alpha value is -0.240. The van der Waals surface area contributed by atoms with Crippen LogP contribution < -0.4 is 0 Å². The van der Waals surface area contributed by atoms with Crippen LogP contribution in [0, 0.1) is 0 Å². The van der Waals surface area contributed by atoms with Crippen molar-refractivity contribution in [2.75, 3.05) is 0 Å². The van der Waals surface area contributed by atoms with Gasteiger partial charge in [-0.05, 0) is 0 Å². The monoisotopic (exact) mass is 112 g/mol. The Morgan fingerprint density at radius 1 is 0.857 bits per heavy atom. The zero-order chi connectivity index (χ0) is 5.70. The first kappa shape index (κ1) is 6.76. The molecule has 0 saturated carbocycles. The summed E-state index contributed by atoms with van der Waals surface area (Å²) in [7, 11) is 0. The smallest absolute Gasteiger partial charge is 0.247 e. The Morgan fingerprint density at radius 3 is 1.14 bits per heavy atom. The van der Waals surface area contributed by atoms with Gasteiger partial charge in [-0.1, -0.05) is 0 Å². The average molecular weight is 112 g/mol. The normalized spacial score (nSPS) is 10.3. The number of rotatable bonds is 3. The molecule has 0 aromatic heterocycles. The molecule has 0 radical (unpaired) electrons. The number of hydrogen-bond acceptors (Lipinski definition) is 6. The minimum absolute atomic E-state index is 1.85. The van der Waals surface area contributed by atoms with Crippen LogP contribution in [0.25, 0.3) is 0 Å². The first-order chi connectivity index (χ1) is 3.35. The third-order valence-corrected chi connectivity index (χ3v) is 0.258. The van der Waals surface area contributed by atoms with E-state index >= 15 is 0 Å². The highest BCUT2D eigenvalue weighted by atomic mass is 17.3. The molecule has 0 rings (SSSR count). The lowest BCUT2D eigenvalue weighted by atomic mass is 11.3. The molecule has 0 bridgehead atoms. The molecule has 0 unspecified atom stereocenters. The highest BCUT2D eigenvalue weighted by molar-refractivity contribution is 3.93. The average Bonchev–Trinajstić information content (AvgIpc) is 1.72. The fraction of sp³-hybridized carbons (Fsp3) is 1.00. The van der Waals surface area contributed by atoms with Gasteiger partial charge in [-0.25, -0.2) is 15.8 Å². The first-order valence-corrected chi connectivity index (χ1v) is 1.25. The maximum absolute atomic E-state index is 7.46. The van der Waals surface area contributed by atoms with Crippen molar-refractivity contribution in [1.82, 2.24) is 0 Å². The Bertz CT molecular complexity index is 25.7. The molecule has 0 amide bonds. The third-order valence-electron chi connectivity index (χ3n) is 0.258. The van der Waals surface area contributed by atoms with E-state index in [4.69, 9.17) is 15.8 Å². The zero-order valence-corrected chi connectivity index (χ0v) is 3.14. The van der Waals surface area contributed by atoms with Crippen molar-refractivity contribution in [3.05, 3.63) is 0 Å². The van der Waals surface area contributed by atoms with Crippen LogP contribution >= 0.6 is 0 Å². The van der Waals surface area contributed by atoms with Gasteiger partial charge in [0.15, 0.2) is 0 Å². The summed E-state index contributed by atoms with van der Waals surface area (Å²) in [5, 5.41) is 22.4. The van der Waals surface area contributed by atoms with Gasteiger partial charge in [0.25, 0.3) is 0 Å². The molecule has 0 saturated heterocycles. The molecule has 7 heavy (non-hydrogen) atoms. The predicted molar refractivity (Wildman–Crippen MR) is 14.9 cm³/mol. The van der Waals surface area contributed by atoms with Crippen molar-refractivity contribution in [2.45, 2.75) is 6.48 Å². The second kappa shape index (κ2) is 3.93. The van der Waals surface area contributed by atoms with Gasteiger partial charge in [0.2, 0.25) is 0 Å². The molecule has 0 aliphatic heterocycles. The zero-order valence-electron chi connectivity index (χ0n) is 3.14. The molecule has 0 aromatic carbocycles. The van der Waals surface area contributed by atoms with Gasteiger partial charge in [-0.3, -0.25) is 0 Å². The van der Waals surface area contributed by atoms with E-state index in [0.717, 1.165) is 0 Å². The summed E-state index contributed by atoms with van der Waals surface area (Å²) >= 11 is 0. The molecule has 6 heteroatoms. The van der Waals surface area contributed by atoms with Crippen LogP contribution in [0.4, 0.5) is 0 Å². The molecule has 0 spiro atoms. The van der Waals surface area contributed by atoms with Crippen LogP contribution in [0.1, 0.15) is 0 Å². The third kappa shape index (κ3) is 2.45. The van der Waals surface area contributed by atoms with Gasteiger partial charge in [0, 0.05) is 0 Å². The van der Waals surface area contributed by atoms with E-state index < -0.39 is 6.48 Å². The lowest BCUT2D eigenvalue weighted by Gasteiger charge is -2.01. The van der Waals surface area contributed by atoms with Gasteiger partial charge >= 0.3 is 6.48 Å². The molecule has 0 heterocycles. The second-order valence-electron chi connectivity index (χ2n) is 0.605. The largest absolute Gasteiger partial charge is 0.354 e. The Labute approximate surface area is 38.3 Å². The van der Waals surface area contributed by atoms with E-state index in [1.165, 1.54) is 0 Å². The molecule has 6 nitrogen and oxygen atoms in total. The van der Waals surface area contributed by atoms with E-state index in [9.17, 15) is 0 Å². The maximum atomic E-state index is 7.46. The fourth-order valence-corrected chi connectivity index (χ4v) is 0.0577. The highest BCUT2D eigenvalue weighted by Crippen LogP contribution is 1.86. The summed E-state index contributed by atoms with van der Waals surface area (Å²) in [5.41, 5.74) is 0. The molecule has 0 fully saturated rings. The van der Waals surface area contributed by atoms with Gasteiger partial charge < -0.3 is 0 Å². The van der Waals surface area contributed by atoms with Gasteiger partial charge in [-0.15, -0.1) is 0 Å². The molecule has 44 valence electrons. The van der Waals surface area contributed by atoms with Crippen molar-refractivity contribution < 1.29 is 30.4 Å². The van der Waals surface area contributed by atoms with Crippen molar-refractivity contribution >= 4 is 0 Å². The molecular weight excluding hydrogens is 108 g/mol. The summed E-state index contributed by atoms with van der Waals surface area (Å²) < 4.78 is 0. The van der Waals surface area contributed by atoms with Crippen LogP contribution in [0.3, 0.4) is 0 Å². The SMILES string of the molecule is OOC(OO)OO. The van der Waals surface area contributed by atoms with Crippen LogP contribution in [0.2, 0.25) is 0 Å². The van der Waals surface area contributed by atoms with Crippen molar-refractivity contribution in [3.8, 4) is 0 Å². The predicted octanol–water partition coefficient (Wildman–Crippen LogP) is -0.261. The van der Waals surface area contributed by atoms with E-state index in [-0.39, 0.29) is 0 Å². The Morgan fingerprint density at radius 2 is 1.14 bits per heavy atom. The van der Waals surface area contributed by atoms with Gasteiger partial charge in [-0.2, -0.15) is 14.7 Å². The molecule has 0 aliphatic rings. The summed E-state index contributed by atoms with van der Waals surface area (Å²) in [4.78, 5) is 9.31.